The number of fused-ring (bicyclic) bond motifs is 1. The zero-order valence-corrected chi connectivity index (χ0v) is 17.3. The molecule has 1 fully saturated rings. The Bertz CT molecular complexity index is 589. The van der Waals surface area contributed by atoms with Crippen LogP contribution in [0.4, 0.5) is 0 Å². The fourth-order valence-electron chi connectivity index (χ4n) is 2.97. The van der Waals surface area contributed by atoms with Crippen LogP contribution < -0.4 is 20.1 Å². The molecular formula is C18H28IN3O3. The maximum atomic E-state index is 5.80. The molecule has 3 rings (SSSR count). The Morgan fingerprint density at radius 3 is 2.84 bits per heavy atom. The molecule has 140 valence electrons. The van der Waals surface area contributed by atoms with Crippen molar-refractivity contribution >= 4 is 29.9 Å². The number of hydrogen-bond donors (Lipinski definition) is 2. The lowest BCUT2D eigenvalue weighted by Gasteiger charge is -2.21. The predicted molar refractivity (Wildman–Crippen MR) is 109 cm³/mol. The molecule has 1 aromatic rings. The second-order valence-electron chi connectivity index (χ2n) is 6.46. The zero-order chi connectivity index (χ0) is 16.8. The minimum Gasteiger partial charge on any atom is -0.454 e. The number of halogens is 1. The molecule has 0 aromatic heterocycles. The van der Waals surface area contributed by atoms with E-state index in [1.807, 2.05) is 12.1 Å². The van der Waals surface area contributed by atoms with Crippen molar-refractivity contribution < 1.29 is 14.2 Å². The van der Waals surface area contributed by atoms with E-state index >= 15 is 0 Å². The molecule has 1 unspecified atom stereocenters. The van der Waals surface area contributed by atoms with E-state index in [2.05, 4.69) is 35.5 Å². The highest BCUT2D eigenvalue weighted by Crippen LogP contribution is 2.32. The summed E-state index contributed by atoms with van der Waals surface area (Å²) in [5, 5.41) is 6.68. The van der Waals surface area contributed by atoms with Gasteiger partial charge in [0.2, 0.25) is 6.79 Å². The topological polar surface area (TPSA) is 64.1 Å². The van der Waals surface area contributed by atoms with Crippen molar-refractivity contribution in [2.24, 2.45) is 4.99 Å². The monoisotopic (exact) mass is 461 g/mol. The molecule has 2 N–H and O–H groups in total. The van der Waals surface area contributed by atoms with Crippen molar-refractivity contribution in [3.05, 3.63) is 23.8 Å². The summed E-state index contributed by atoms with van der Waals surface area (Å²) in [5.74, 6) is 2.50. The first kappa shape index (κ1) is 20.1. The van der Waals surface area contributed by atoms with Gasteiger partial charge in [-0.1, -0.05) is 6.07 Å². The van der Waals surface area contributed by atoms with Gasteiger partial charge in [-0.2, -0.15) is 0 Å². The summed E-state index contributed by atoms with van der Waals surface area (Å²) >= 11 is 0. The molecule has 25 heavy (non-hydrogen) atoms. The number of hydrogen-bond acceptors (Lipinski definition) is 4. The number of nitrogens with zero attached hydrogens (tertiary/aromatic N) is 1. The van der Waals surface area contributed by atoms with E-state index in [1.165, 1.54) is 5.56 Å². The highest BCUT2D eigenvalue weighted by atomic mass is 127. The van der Waals surface area contributed by atoms with Crippen LogP contribution in [0.2, 0.25) is 0 Å². The quantitative estimate of drug-likeness (QED) is 0.388. The van der Waals surface area contributed by atoms with Gasteiger partial charge in [0.15, 0.2) is 17.5 Å². The van der Waals surface area contributed by atoms with Gasteiger partial charge in [0.25, 0.3) is 0 Å². The van der Waals surface area contributed by atoms with Crippen molar-refractivity contribution in [1.29, 1.82) is 0 Å². The SMILES string of the molecule is CCNC(=NCC1(C)CCCO1)NCCc1ccc2c(c1)OCO2.I. The van der Waals surface area contributed by atoms with Crippen LogP contribution in [-0.2, 0) is 11.2 Å². The van der Waals surface area contributed by atoms with Gasteiger partial charge in [-0.15, -0.1) is 24.0 Å². The van der Waals surface area contributed by atoms with Gasteiger partial charge in [-0.3, -0.25) is 4.99 Å². The highest BCUT2D eigenvalue weighted by molar-refractivity contribution is 14.0. The van der Waals surface area contributed by atoms with Crippen LogP contribution in [0.1, 0.15) is 32.3 Å². The average Bonchev–Trinajstić information content (AvgIpc) is 3.21. The minimum atomic E-state index is -0.111. The lowest BCUT2D eigenvalue weighted by molar-refractivity contribution is 0.0283. The van der Waals surface area contributed by atoms with Crippen molar-refractivity contribution in [2.45, 2.75) is 38.7 Å². The standard InChI is InChI=1S/C18H27N3O3.HI/c1-3-19-17(21-12-18(2)8-4-10-24-18)20-9-7-14-5-6-15-16(11-14)23-13-22-15;/h5-6,11H,3-4,7-10,12-13H2,1-2H3,(H2,19,20,21);1H. The molecule has 1 atom stereocenters. The van der Waals surface area contributed by atoms with Crippen molar-refractivity contribution in [3.8, 4) is 11.5 Å². The Balaban J connectivity index is 0.00000225. The van der Waals surface area contributed by atoms with E-state index in [9.17, 15) is 0 Å². The zero-order valence-electron chi connectivity index (χ0n) is 15.0. The van der Waals surface area contributed by atoms with E-state index in [-0.39, 0.29) is 29.6 Å². The summed E-state index contributed by atoms with van der Waals surface area (Å²) in [7, 11) is 0. The summed E-state index contributed by atoms with van der Waals surface area (Å²) in [5.41, 5.74) is 1.10. The molecule has 0 radical (unpaired) electrons. The molecule has 0 saturated carbocycles. The highest BCUT2D eigenvalue weighted by Gasteiger charge is 2.29. The molecule has 1 saturated heterocycles. The predicted octanol–water partition coefficient (Wildman–Crippen LogP) is 2.70. The summed E-state index contributed by atoms with van der Waals surface area (Å²) in [4.78, 5) is 4.68. The first-order valence-corrected chi connectivity index (χ1v) is 8.73. The van der Waals surface area contributed by atoms with Crippen LogP contribution in [0.5, 0.6) is 11.5 Å². The fourth-order valence-corrected chi connectivity index (χ4v) is 2.97. The van der Waals surface area contributed by atoms with Crippen molar-refractivity contribution in [1.82, 2.24) is 10.6 Å². The normalized spacial score (nSPS) is 21.8. The Morgan fingerprint density at radius 2 is 2.08 bits per heavy atom. The summed E-state index contributed by atoms with van der Waals surface area (Å²) < 4.78 is 16.6. The summed E-state index contributed by atoms with van der Waals surface area (Å²) in [6.45, 7) is 7.71. The number of guanidine groups is 1. The van der Waals surface area contributed by atoms with Gasteiger partial charge in [0.05, 0.1) is 12.1 Å². The third-order valence-corrected chi connectivity index (χ3v) is 4.36. The molecular weight excluding hydrogens is 433 g/mol. The Hall–Kier alpha value is -1.22. The largest absolute Gasteiger partial charge is 0.454 e. The van der Waals surface area contributed by atoms with Crippen LogP contribution in [0.25, 0.3) is 0 Å². The van der Waals surface area contributed by atoms with Gasteiger partial charge < -0.3 is 24.8 Å². The van der Waals surface area contributed by atoms with Gasteiger partial charge in [-0.05, 0) is 50.8 Å². The Morgan fingerprint density at radius 1 is 1.24 bits per heavy atom. The summed E-state index contributed by atoms with van der Waals surface area (Å²) in [6, 6.07) is 6.09. The van der Waals surface area contributed by atoms with E-state index in [0.717, 1.165) is 56.4 Å². The molecule has 0 spiro atoms. The van der Waals surface area contributed by atoms with Crippen LogP contribution in [-0.4, -0.2) is 44.6 Å². The van der Waals surface area contributed by atoms with Crippen LogP contribution in [0, 0.1) is 0 Å². The maximum absolute atomic E-state index is 5.80. The van der Waals surface area contributed by atoms with E-state index in [4.69, 9.17) is 14.2 Å². The molecule has 1 aromatic carbocycles. The molecule has 2 aliphatic heterocycles. The van der Waals surface area contributed by atoms with E-state index < -0.39 is 0 Å². The molecule has 0 aliphatic carbocycles. The average molecular weight is 461 g/mol. The van der Waals surface area contributed by atoms with Gasteiger partial charge in [0.1, 0.15) is 0 Å². The van der Waals surface area contributed by atoms with Crippen molar-refractivity contribution in [2.75, 3.05) is 33.0 Å². The molecule has 7 heteroatoms. The number of nitrogens with one attached hydrogen (secondary N) is 2. The molecule has 2 heterocycles. The van der Waals surface area contributed by atoms with Crippen LogP contribution >= 0.6 is 24.0 Å². The molecule has 0 amide bonds. The third-order valence-electron chi connectivity index (χ3n) is 4.36. The lowest BCUT2D eigenvalue weighted by atomic mass is 10.0. The maximum Gasteiger partial charge on any atom is 0.231 e. The smallest absolute Gasteiger partial charge is 0.231 e. The van der Waals surface area contributed by atoms with Crippen LogP contribution in [0.3, 0.4) is 0 Å². The van der Waals surface area contributed by atoms with E-state index in [1.54, 1.807) is 0 Å². The second-order valence-corrected chi connectivity index (χ2v) is 6.46. The number of aliphatic imine (C=N–C) groups is 1. The first-order chi connectivity index (χ1) is 11.7. The molecule has 6 nitrogen and oxygen atoms in total. The van der Waals surface area contributed by atoms with E-state index in [0.29, 0.717) is 13.3 Å². The Kier molecular flexibility index (Phi) is 7.61. The Labute approximate surface area is 166 Å². The second kappa shape index (κ2) is 9.47. The first-order valence-electron chi connectivity index (χ1n) is 8.73. The molecule has 0 bridgehead atoms. The lowest BCUT2D eigenvalue weighted by Crippen LogP contribution is -2.40. The van der Waals surface area contributed by atoms with Crippen LogP contribution in [0.15, 0.2) is 23.2 Å². The minimum absolute atomic E-state index is 0. The summed E-state index contributed by atoms with van der Waals surface area (Å²) in [6.07, 6.45) is 3.10. The molecule has 2 aliphatic rings. The number of ether oxygens (including phenoxy) is 3. The number of benzene rings is 1. The van der Waals surface area contributed by atoms with Crippen molar-refractivity contribution in [3.63, 3.8) is 0 Å². The number of rotatable bonds is 6. The van der Waals surface area contributed by atoms with Gasteiger partial charge in [0, 0.05) is 19.7 Å². The third kappa shape index (κ3) is 5.64. The van der Waals surface area contributed by atoms with Gasteiger partial charge >= 0.3 is 0 Å². The fraction of sp³-hybridized carbons (Fsp3) is 0.611. The van der Waals surface area contributed by atoms with Gasteiger partial charge in [-0.25, -0.2) is 0 Å².